The van der Waals surface area contributed by atoms with Gasteiger partial charge in [0, 0.05) is 56.3 Å². The highest BCUT2D eigenvalue weighted by Gasteiger charge is 2.44. The average molecular weight is 788 g/mol. The minimum atomic E-state index is -0.0390. The van der Waals surface area contributed by atoms with Crippen molar-refractivity contribution in [2.24, 2.45) is 0 Å². The second-order valence-corrected chi connectivity index (χ2v) is 17.7. The zero-order chi connectivity index (χ0) is 41.1. The highest BCUT2D eigenvalue weighted by molar-refractivity contribution is 7.00. The van der Waals surface area contributed by atoms with Gasteiger partial charge in [0.15, 0.2) is 0 Å². The van der Waals surface area contributed by atoms with E-state index in [0.29, 0.717) is 0 Å². The van der Waals surface area contributed by atoms with Crippen LogP contribution in [-0.4, -0.2) is 6.71 Å². The van der Waals surface area contributed by atoms with Gasteiger partial charge in [-0.15, -0.1) is 0 Å². The maximum Gasteiger partial charge on any atom is 0.252 e. The van der Waals surface area contributed by atoms with E-state index in [1.54, 1.807) is 0 Å². The molecule has 0 atom stereocenters. The molecule has 3 aliphatic rings. The summed E-state index contributed by atoms with van der Waals surface area (Å²) in [5.74, 6) is 0. The predicted octanol–water partition coefficient (Wildman–Crippen LogP) is 13.2. The SMILES string of the molecule is Cc1ccc(N(c2ccc(C)cc2)c2cc3c4c(c2)N(c2ccc(C)cc2)c2cc5c(cc2B4c2cc(C)ccc2N3c2ccc(C)cc2)oc2c3c(ccc25)CCC3)cc1. The predicted molar refractivity (Wildman–Crippen MR) is 258 cm³/mol. The van der Waals surface area contributed by atoms with Gasteiger partial charge in [0.25, 0.3) is 6.71 Å². The van der Waals surface area contributed by atoms with E-state index in [-0.39, 0.29) is 6.71 Å². The summed E-state index contributed by atoms with van der Waals surface area (Å²) in [6, 6.07) is 57.4. The Labute approximate surface area is 358 Å². The molecular weight excluding hydrogens is 741 g/mol. The second-order valence-electron chi connectivity index (χ2n) is 17.7. The van der Waals surface area contributed by atoms with Gasteiger partial charge in [-0.05, 0) is 160 Å². The van der Waals surface area contributed by atoms with Crippen LogP contribution in [0.4, 0.5) is 51.2 Å². The molecule has 0 saturated carbocycles. The molecule has 61 heavy (non-hydrogen) atoms. The number of benzene rings is 8. The van der Waals surface area contributed by atoms with Gasteiger partial charge in [0.2, 0.25) is 0 Å². The first-order valence-corrected chi connectivity index (χ1v) is 21.7. The Hall–Kier alpha value is -6.98. The summed E-state index contributed by atoms with van der Waals surface area (Å²) in [6.45, 7) is 10.8. The zero-order valence-electron chi connectivity index (χ0n) is 35.4. The summed E-state index contributed by atoms with van der Waals surface area (Å²) >= 11 is 0. The molecule has 294 valence electrons. The van der Waals surface area contributed by atoms with E-state index >= 15 is 0 Å². The van der Waals surface area contributed by atoms with E-state index in [9.17, 15) is 0 Å². The molecule has 2 aliphatic heterocycles. The summed E-state index contributed by atoms with van der Waals surface area (Å²) in [7, 11) is 0. The van der Waals surface area contributed by atoms with Crippen LogP contribution in [0.25, 0.3) is 21.9 Å². The lowest BCUT2D eigenvalue weighted by Gasteiger charge is -2.45. The van der Waals surface area contributed by atoms with E-state index in [4.69, 9.17) is 4.42 Å². The Morgan fingerprint density at radius 2 is 1.00 bits per heavy atom. The highest BCUT2D eigenvalue weighted by atomic mass is 16.3. The third-order valence-electron chi connectivity index (χ3n) is 13.5. The molecule has 0 bridgehead atoms. The average Bonchev–Trinajstić information content (AvgIpc) is 3.90. The van der Waals surface area contributed by atoms with Gasteiger partial charge in [-0.1, -0.05) is 101 Å². The molecular formula is C56H46BN3O. The molecule has 3 heterocycles. The minimum Gasteiger partial charge on any atom is -0.456 e. The minimum absolute atomic E-state index is 0.0390. The number of nitrogens with zero attached hydrogens (tertiary/aromatic N) is 3. The lowest BCUT2D eigenvalue weighted by atomic mass is 9.33. The Morgan fingerprint density at radius 1 is 0.459 bits per heavy atom. The third kappa shape index (κ3) is 5.60. The molecule has 0 radical (unpaired) electrons. The van der Waals surface area contributed by atoms with E-state index in [1.165, 1.54) is 95.3 Å². The van der Waals surface area contributed by atoms with Gasteiger partial charge in [-0.25, -0.2) is 0 Å². The van der Waals surface area contributed by atoms with Crippen molar-refractivity contribution >= 4 is 96.2 Å². The Balaban J connectivity index is 1.22. The quantitative estimate of drug-likeness (QED) is 0.162. The van der Waals surface area contributed by atoms with Crippen molar-refractivity contribution in [1.29, 1.82) is 0 Å². The van der Waals surface area contributed by atoms with Gasteiger partial charge in [0.1, 0.15) is 11.2 Å². The van der Waals surface area contributed by atoms with Crippen molar-refractivity contribution in [2.75, 3.05) is 14.7 Å². The van der Waals surface area contributed by atoms with Gasteiger partial charge >= 0.3 is 0 Å². The summed E-state index contributed by atoms with van der Waals surface area (Å²) < 4.78 is 6.99. The van der Waals surface area contributed by atoms with Crippen LogP contribution in [0, 0.1) is 34.6 Å². The molecule has 0 N–H and O–H groups in total. The van der Waals surface area contributed by atoms with E-state index < -0.39 is 0 Å². The van der Waals surface area contributed by atoms with Crippen LogP contribution in [-0.2, 0) is 12.8 Å². The third-order valence-corrected chi connectivity index (χ3v) is 13.5. The number of aryl methyl sites for hydroxylation is 7. The summed E-state index contributed by atoms with van der Waals surface area (Å²) in [5, 5.41) is 2.38. The lowest BCUT2D eigenvalue weighted by Crippen LogP contribution is -2.61. The molecule has 0 spiro atoms. The van der Waals surface area contributed by atoms with Crippen LogP contribution in [0.3, 0.4) is 0 Å². The molecule has 0 amide bonds. The molecule has 5 heteroatoms. The van der Waals surface area contributed by atoms with Crippen LogP contribution in [0.2, 0.25) is 0 Å². The molecule has 8 aromatic carbocycles. The van der Waals surface area contributed by atoms with Crippen molar-refractivity contribution in [2.45, 2.75) is 53.9 Å². The standard InChI is InChI=1S/C56H46BN3O/c1-34-9-19-40(20-10-34)58(41-21-11-35(2)12-22-41)44-30-52-55-53(31-44)60(43-25-15-37(4)16-26-43)51-32-47-46-27-18-39-7-6-8-45(39)56(46)61-54(47)33-49(51)57(55)48-29-38(5)17-28-50(48)59(52)42-23-13-36(3)14-24-42/h9-33H,6-8H2,1-5H3. The number of anilines is 9. The van der Waals surface area contributed by atoms with Gasteiger partial charge in [-0.3, -0.25) is 0 Å². The molecule has 0 unspecified atom stereocenters. The fraction of sp³-hybridized carbons (Fsp3) is 0.143. The highest BCUT2D eigenvalue weighted by Crippen LogP contribution is 2.49. The van der Waals surface area contributed by atoms with Crippen molar-refractivity contribution in [1.82, 2.24) is 0 Å². The van der Waals surface area contributed by atoms with Crippen molar-refractivity contribution in [3.05, 3.63) is 191 Å². The van der Waals surface area contributed by atoms with Crippen LogP contribution in [0.15, 0.2) is 156 Å². The second kappa shape index (κ2) is 13.5. The topological polar surface area (TPSA) is 22.9 Å². The van der Waals surface area contributed by atoms with Crippen LogP contribution < -0.4 is 31.1 Å². The Kier molecular flexibility index (Phi) is 7.96. The Bertz CT molecular complexity index is 3170. The van der Waals surface area contributed by atoms with Crippen molar-refractivity contribution in [3.8, 4) is 0 Å². The molecule has 4 nitrogen and oxygen atoms in total. The van der Waals surface area contributed by atoms with Gasteiger partial charge < -0.3 is 19.1 Å². The number of furan rings is 1. The van der Waals surface area contributed by atoms with Crippen molar-refractivity contribution in [3.63, 3.8) is 0 Å². The fourth-order valence-corrected chi connectivity index (χ4v) is 10.4. The monoisotopic (exact) mass is 787 g/mol. The van der Waals surface area contributed by atoms with Crippen LogP contribution >= 0.6 is 0 Å². The largest absolute Gasteiger partial charge is 0.456 e. The molecule has 9 aromatic rings. The molecule has 0 saturated heterocycles. The first-order valence-electron chi connectivity index (χ1n) is 21.7. The van der Waals surface area contributed by atoms with Crippen LogP contribution in [0.1, 0.15) is 45.4 Å². The normalized spacial score (nSPS) is 13.7. The first kappa shape index (κ1) is 35.9. The smallest absolute Gasteiger partial charge is 0.252 e. The molecule has 0 fully saturated rings. The summed E-state index contributed by atoms with van der Waals surface area (Å²) in [4.78, 5) is 7.48. The molecule has 12 rings (SSSR count). The van der Waals surface area contributed by atoms with Gasteiger partial charge in [-0.2, -0.15) is 0 Å². The maximum absolute atomic E-state index is 6.99. The van der Waals surface area contributed by atoms with Crippen molar-refractivity contribution < 1.29 is 4.42 Å². The number of fused-ring (bicyclic) bond motifs is 9. The van der Waals surface area contributed by atoms with Gasteiger partial charge in [0.05, 0.1) is 5.69 Å². The lowest BCUT2D eigenvalue weighted by molar-refractivity contribution is 0.664. The summed E-state index contributed by atoms with van der Waals surface area (Å²) in [5.41, 5.74) is 25.2. The fourth-order valence-electron chi connectivity index (χ4n) is 10.4. The number of hydrogen-bond acceptors (Lipinski definition) is 4. The Morgan fingerprint density at radius 3 is 1.61 bits per heavy atom. The molecule has 1 aliphatic carbocycles. The molecule has 1 aromatic heterocycles. The summed E-state index contributed by atoms with van der Waals surface area (Å²) in [6.07, 6.45) is 3.38. The van der Waals surface area contributed by atoms with E-state index in [1.807, 2.05) is 0 Å². The maximum atomic E-state index is 6.99. The first-order chi connectivity index (χ1) is 29.8. The zero-order valence-corrected chi connectivity index (χ0v) is 35.4. The van der Waals surface area contributed by atoms with E-state index in [2.05, 4.69) is 201 Å². The number of rotatable bonds is 5. The van der Waals surface area contributed by atoms with E-state index in [0.717, 1.165) is 52.4 Å². The number of hydrogen-bond donors (Lipinski definition) is 0. The van der Waals surface area contributed by atoms with Crippen LogP contribution in [0.5, 0.6) is 0 Å².